The van der Waals surface area contributed by atoms with Crippen molar-refractivity contribution >= 4 is 27.3 Å². The van der Waals surface area contributed by atoms with Crippen LogP contribution in [0.25, 0.3) is 10.6 Å². The maximum Gasteiger partial charge on any atom is 0.123 e. The van der Waals surface area contributed by atoms with Gasteiger partial charge in [-0.1, -0.05) is 35.0 Å². The number of rotatable bonds is 3. The highest BCUT2D eigenvalue weighted by Gasteiger charge is 2.16. The molecule has 0 spiro atoms. The lowest BCUT2D eigenvalue weighted by Gasteiger charge is -2.01. The number of aromatic nitrogens is 1. The van der Waals surface area contributed by atoms with Gasteiger partial charge in [0.2, 0.25) is 0 Å². The molecule has 0 saturated carbocycles. The number of hydrogen-bond acceptors (Lipinski definition) is 3. The average molecular weight is 321 g/mol. The van der Waals surface area contributed by atoms with Gasteiger partial charge in [-0.25, -0.2) is 4.98 Å². The van der Waals surface area contributed by atoms with Crippen LogP contribution < -0.4 is 0 Å². The molecule has 0 aliphatic carbocycles. The van der Waals surface area contributed by atoms with Crippen molar-refractivity contribution in [1.82, 2.24) is 4.98 Å². The fraction of sp³-hybridized carbons (Fsp3) is 0.286. The molecule has 0 N–H and O–H groups in total. The fourth-order valence-electron chi connectivity index (χ4n) is 1.78. The molecule has 2 rings (SSSR count). The van der Waals surface area contributed by atoms with E-state index in [9.17, 15) is 0 Å². The SMILES string of the molecule is CCC(C#N)c1sc(-c2ccc(Br)cc2)nc1C. The molecule has 2 aromatic rings. The first kappa shape index (κ1) is 13.3. The summed E-state index contributed by atoms with van der Waals surface area (Å²) in [6.45, 7) is 4.01. The summed E-state index contributed by atoms with van der Waals surface area (Å²) in [5, 5.41) is 10.1. The lowest BCUT2D eigenvalue weighted by molar-refractivity contribution is 0.824. The molecule has 0 fully saturated rings. The first-order valence-corrected chi connectivity index (χ1v) is 7.39. The average Bonchev–Trinajstić information content (AvgIpc) is 2.74. The van der Waals surface area contributed by atoms with E-state index in [0.717, 1.165) is 32.0 Å². The van der Waals surface area contributed by atoms with Gasteiger partial charge in [0.15, 0.2) is 0 Å². The lowest BCUT2D eigenvalue weighted by Crippen LogP contribution is -1.92. The first-order valence-electron chi connectivity index (χ1n) is 5.78. The Morgan fingerprint density at radius 2 is 2.06 bits per heavy atom. The Kier molecular flexibility index (Phi) is 4.15. The van der Waals surface area contributed by atoms with Gasteiger partial charge in [0.05, 0.1) is 17.7 Å². The van der Waals surface area contributed by atoms with E-state index < -0.39 is 0 Å². The Labute approximate surface area is 119 Å². The van der Waals surface area contributed by atoms with Gasteiger partial charge < -0.3 is 0 Å². The second-order valence-electron chi connectivity index (χ2n) is 4.07. The molecule has 0 bridgehead atoms. The molecule has 4 heteroatoms. The highest BCUT2D eigenvalue weighted by molar-refractivity contribution is 9.10. The van der Waals surface area contributed by atoms with Crippen molar-refractivity contribution in [2.75, 3.05) is 0 Å². The zero-order valence-electron chi connectivity index (χ0n) is 10.3. The minimum Gasteiger partial charge on any atom is -0.241 e. The third-order valence-corrected chi connectivity index (χ3v) is 4.65. The predicted octanol–water partition coefficient (Wildman–Crippen LogP) is 4.90. The van der Waals surface area contributed by atoms with Gasteiger partial charge >= 0.3 is 0 Å². The molecule has 2 nitrogen and oxygen atoms in total. The fourth-order valence-corrected chi connectivity index (χ4v) is 3.25. The summed E-state index contributed by atoms with van der Waals surface area (Å²) in [6.07, 6.45) is 0.833. The first-order chi connectivity index (χ1) is 8.65. The molecule has 0 aliphatic heterocycles. The molecule has 1 atom stereocenters. The molecule has 0 aliphatic rings. The zero-order chi connectivity index (χ0) is 13.1. The second-order valence-corrected chi connectivity index (χ2v) is 6.01. The minimum absolute atomic E-state index is 0.0355. The maximum atomic E-state index is 9.14. The topological polar surface area (TPSA) is 36.7 Å². The van der Waals surface area contributed by atoms with Crippen LogP contribution in [0.5, 0.6) is 0 Å². The van der Waals surface area contributed by atoms with Gasteiger partial charge in [0.1, 0.15) is 5.01 Å². The number of thiazole rings is 1. The summed E-state index contributed by atoms with van der Waals surface area (Å²) >= 11 is 5.05. The van der Waals surface area contributed by atoms with Crippen LogP contribution in [0.3, 0.4) is 0 Å². The summed E-state index contributed by atoms with van der Waals surface area (Å²) < 4.78 is 1.06. The Balaban J connectivity index is 2.40. The van der Waals surface area contributed by atoms with Crippen LogP contribution in [-0.4, -0.2) is 4.98 Å². The van der Waals surface area contributed by atoms with Crippen LogP contribution in [-0.2, 0) is 0 Å². The molecular weight excluding hydrogens is 308 g/mol. The Morgan fingerprint density at radius 3 is 2.61 bits per heavy atom. The van der Waals surface area contributed by atoms with Crippen LogP contribution in [0.15, 0.2) is 28.7 Å². The second kappa shape index (κ2) is 5.64. The van der Waals surface area contributed by atoms with E-state index in [-0.39, 0.29) is 5.92 Å². The summed E-state index contributed by atoms with van der Waals surface area (Å²) in [5.41, 5.74) is 2.08. The number of benzene rings is 1. The third kappa shape index (κ3) is 2.63. The highest BCUT2D eigenvalue weighted by atomic mass is 79.9. The molecule has 18 heavy (non-hydrogen) atoms. The van der Waals surface area contributed by atoms with E-state index in [4.69, 9.17) is 5.26 Å². The number of hydrogen-bond donors (Lipinski definition) is 0. The van der Waals surface area contributed by atoms with E-state index in [1.165, 1.54) is 0 Å². The van der Waals surface area contributed by atoms with E-state index >= 15 is 0 Å². The molecule has 0 radical (unpaired) electrons. The normalized spacial score (nSPS) is 12.1. The van der Waals surface area contributed by atoms with E-state index in [2.05, 4.69) is 27.0 Å². The minimum atomic E-state index is -0.0355. The molecule has 1 unspecified atom stereocenters. The van der Waals surface area contributed by atoms with Gasteiger partial charge in [-0.05, 0) is 25.5 Å². The van der Waals surface area contributed by atoms with Crippen molar-refractivity contribution in [2.45, 2.75) is 26.2 Å². The van der Waals surface area contributed by atoms with E-state index in [0.29, 0.717) is 0 Å². The lowest BCUT2D eigenvalue weighted by atomic mass is 10.1. The zero-order valence-corrected chi connectivity index (χ0v) is 12.7. The Bertz CT molecular complexity index is 581. The van der Waals surface area contributed by atoms with Gasteiger partial charge in [0, 0.05) is 14.9 Å². The maximum absolute atomic E-state index is 9.14. The van der Waals surface area contributed by atoms with Gasteiger partial charge in [-0.2, -0.15) is 5.26 Å². The molecule has 0 amide bonds. The van der Waals surface area contributed by atoms with Gasteiger partial charge in [-0.15, -0.1) is 11.3 Å². The Hall–Kier alpha value is -1.18. The Morgan fingerprint density at radius 1 is 1.39 bits per heavy atom. The van der Waals surface area contributed by atoms with E-state index in [1.807, 2.05) is 38.1 Å². The van der Waals surface area contributed by atoms with E-state index in [1.54, 1.807) is 11.3 Å². The summed E-state index contributed by atoms with van der Waals surface area (Å²) in [7, 11) is 0. The standard InChI is InChI=1S/C14H13BrN2S/c1-3-10(8-16)13-9(2)17-14(18-13)11-4-6-12(15)7-5-11/h4-7,10H,3H2,1-2H3. The van der Waals surface area contributed by atoms with Gasteiger partial charge in [0.25, 0.3) is 0 Å². The molecular formula is C14H13BrN2S. The number of halogens is 1. The van der Waals surface area contributed by atoms with Crippen molar-refractivity contribution < 1.29 is 0 Å². The molecule has 1 aromatic carbocycles. The van der Waals surface area contributed by atoms with Crippen LogP contribution in [0.2, 0.25) is 0 Å². The largest absolute Gasteiger partial charge is 0.241 e. The number of nitriles is 1. The van der Waals surface area contributed by atoms with Crippen molar-refractivity contribution in [1.29, 1.82) is 5.26 Å². The predicted molar refractivity (Wildman–Crippen MR) is 78.6 cm³/mol. The van der Waals surface area contributed by atoms with Crippen molar-refractivity contribution in [3.8, 4) is 16.6 Å². The van der Waals surface area contributed by atoms with Crippen molar-refractivity contribution in [3.05, 3.63) is 39.3 Å². The quantitative estimate of drug-likeness (QED) is 0.806. The smallest absolute Gasteiger partial charge is 0.123 e. The molecule has 92 valence electrons. The number of aryl methyl sites for hydroxylation is 1. The van der Waals surface area contributed by atoms with Gasteiger partial charge in [-0.3, -0.25) is 0 Å². The van der Waals surface area contributed by atoms with Crippen LogP contribution >= 0.6 is 27.3 Å². The highest BCUT2D eigenvalue weighted by Crippen LogP contribution is 2.34. The van der Waals surface area contributed by atoms with Crippen LogP contribution in [0.4, 0.5) is 0 Å². The summed E-state index contributed by atoms with van der Waals surface area (Å²) in [4.78, 5) is 5.67. The van der Waals surface area contributed by atoms with Crippen molar-refractivity contribution in [2.24, 2.45) is 0 Å². The third-order valence-electron chi connectivity index (χ3n) is 2.80. The summed E-state index contributed by atoms with van der Waals surface area (Å²) in [5.74, 6) is -0.0355. The monoisotopic (exact) mass is 320 g/mol. The van der Waals surface area contributed by atoms with Crippen LogP contribution in [0, 0.1) is 18.3 Å². The molecule has 1 aromatic heterocycles. The number of nitrogens with zero attached hydrogens (tertiary/aromatic N) is 2. The molecule has 0 saturated heterocycles. The van der Waals surface area contributed by atoms with Crippen molar-refractivity contribution in [3.63, 3.8) is 0 Å². The van der Waals surface area contributed by atoms with Crippen LogP contribution in [0.1, 0.15) is 29.8 Å². The molecule has 1 heterocycles. The summed E-state index contributed by atoms with van der Waals surface area (Å²) in [6, 6.07) is 10.4.